The van der Waals surface area contributed by atoms with Gasteiger partial charge in [0.05, 0.1) is 10.6 Å². The van der Waals surface area contributed by atoms with Crippen molar-refractivity contribution in [3.63, 3.8) is 0 Å². The van der Waals surface area contributed by atoms with Crippen LogP contribution in [0, 0.1) is 0 Å². The number of benzene rings is 1. The van der Waals surface area contributed by atoms with Crippen molar-refractivity contribution in [2.24, 2.45) is 0 Å². The molecule has 0 radical (unpaired) electrons. The minimum absolute atomic E-state index is 0.396. The first-order valence-electron chi connectivity index (χ1n) is 4.85. The lowest BCUT2D eigenvalue weighted by Crippen LogP contribution is -2.04. The highest BCUT2D eigenvalue weighted by Crippen LogP contribution is 2.30. The molecule has 0 aliphatic carbocycles. The molecule has 0 saturated heterocycles. The molecular formula is C12H12ClF3N+. The molecule has 0 aromatic heterocycles. The second kappa shape index (κ2) is 5.36. The number of rotatable bonds is 2. The van der Waals surface area contributed by atoms with Crippen LogP contribution in [0.3, 0.4) is 0 Å². The summed E-state index contributed by atoms with van der Waals surface area (Å²) in [4.78, 5) is 0. The van der Waals surface area contributed by atoms with Crippen molar-refractivity contribution in [2.45, 2.75) is 6.18 Å². The fraction of sp³-hybridized carbons (Fsp3) is 0.250. The van der Waals surface area contributed by atoms with Crippen LogP contribution in [0.25, 0.3) is 5.03 Å². The summed E-state index contributed by atoms with van der Waals surface area (Å²) >= 11 is 5.94. The van der Waals surface area contributed by atoms with Crippen LogP contribution >= 0.6 is 11.6 Å². The van der Waals surface area contributed by atoms with Crippen LogP contribution in [0.2, 0.25) is 0 Å². The van der Waals surface area contributed by atoms with Gasteiger partial charge in [0.1, 0.15) is 14.1 Å². The van der Waals surface area contributed by atoms with Gasteiger partial charge in [0, 0.05) is 6.08 Å². The lowest BCUT2D eigenvalue weighted by molar-refractivity contribution is -0.458. The zero-order valence-corrected chi connectivity index (χ0v) is 10.2. The highest BCUT2D eigenvalue weighted by molar-refractivity contribution is 6.49. The summed E-state index contributed by atoms with van der Waals surface area (Å²) in [6.45, 7) is 0. The van der Waals surface area contributed by atoms with Gasteiger partial charge < -0.3 is 0 Å². The molecule has 1 rings (SSSR count). The molecule has 0 bridgehead atoms. The third-order valence-electron chi connectivity index (χ3n) is 2.01. The SMILES string of the molecule is C[N+](C)=C/C=C(\Cl)c1ccc(C(F)(F)F)cc1. The number of allylic oxidation sites excluding steroid dienone is 1. The summed E-state index contributed by atoms with van der Waals surface area (Å²) in [5.41, 5.74) is -0.125. The molecule has 0 fully saturated rings. The highest BCUT2D eigenvalue weighted by atomic mass is 35.5. The molecule has 0 saturated carbocycles. The van der Waals surface area contributed by atoms with Gasteiger partial charge in [-0.2, -0.15) is 13.2 Å². The zero-order chi connectivity index (χ0) is 13.1. The van der Waals surface area contributed by atoms with E-state index in [1.165, 1.54) is 12.1 Å². The topological polar surface area (TPSA) is 3.01 Å². The fourth-order valence-corrected chi connectivity index (χ4v) is 1.31. The second-order valence-electron chi connectivity index (χ2n) is 3.70. The van der Waals surface area contributed by atoms with Crippen LogP contribution in [0.15, 0.2) is 30.3 Å². The van der Waals surface area contributed by atoms with Gasteiger partial charge in [0.15, 0.2) is 6.21 Å². The Labute approximate surface area is 103 Å². The normalized spacial score (nSPS) is 12.5. The van der Waals surface area contributed by atoms with Crippen LogP contribution in [0.1, 0.15) is 11.1 Å². The Morgan fingerprint density at radius 3 is 2.12 bits per heavy atom. The van der Waals surface area contributed by atoms with Crippen molar-refractivity contribution in [3.8, 4) is 0 Å². The molecular weight excluding hydrogens is 251 g/mol. The average molecular weight is 263 g/mol. The molecule has 0 unspecified atom stereocenters. The number of nitrogens with zero attached hydrogens (tertiary/aromatic N) is 1. The van der Waals surface area contributed by atoms with Gasteiger partial charge in [-0.25, -0.2) is 4.58 Å². The van der Waals surface area contributed by atoms with E-state index in [1.54, 1.807) is 16.9 Å². The maximum absolute atomic E-state index is 12.3. The lowest BCUT2D eigenvalue weighted by atomic mass is 10.1. The maximum Gasteiger partial charge on any atom is 0.416 e. The Bertz CT molecular complexity index is 440. The van der Waals surface area contributed by atoms with Gasteiger partial charge in [-0.15, -0.1) is 0 Å². The summed E-state index contributed by atoms with van der Waals surface area (Å²) in [6, 6.07) is 4.73. The van der Waals surface area contributed by atoms with E-state index in [1.807, 2.05) is 14.1 Å². The summed E-state index contributed by atoms with van der Waals surface area (Å²) in [5, 5.41) is 0.396. The minimum atomic E-state index is -4.31. The van der Waals surface area contributed by atoms with Gasteiger partial charge in [-0.05, 0) is 17.7 Å². The number of alkyl halides is 3. The van der Waals surface area contributed by atoms with Gasteiger partial charge >= 0.3 is 6.18 Å². The highest BCUT2D eigenvalue weighted by Gasteiger charge is 2.29. The van der Waals surface area contributed by atoms with Crippen LogP contribution < -0.4 is 0 Å². The summed E-state index contributed by atoms with van der Waals surface area (Å²) in [5.74, 6) is 0. The predicted octanol–water partition coefficient (Wildman–Crippen LogP) is 3.63. The van der Waals surface area contributed by atoms with Crippen molar-refractivity contribution in [1.29, 1.82) is 0 Å². The molecule has 1 aromatic rings. The third-order valence-corrected chi connectivity index (χ3v) is 2.35. The van der Waals surface area contributed by atoms with Crippen LogP contribution in [-0.4, -0.2) is 24.9 Å². The van der Waals surface area contributed by atoms with E-state index in [4.69, 9.17) is 11.6 Å². The predicted molar refractivity (Wildman–Crippen MR) is 63.4 cm³/mol. The van der Waals surface area contributed by atoms with E-state index >= 15 is 0 Å². The molecule has 92 valence electrons. The minimum Gasteiger partial charge on any atom is -0.241 e. The number of hydrogen-bond donors (Lipinski definition) is 0. The van der Waals surface area contributed by atoms with E-state index < -0.39 is 11.7 Å². The fourth-order valence-electron chi connectivity index (χ4n) is 1.13. The largest absolute Gasteiger partial charge is 0.416 e. The van der Waals surface area contributed by atoms with Gasteiger partial charge in [-0.3, -0.25) is 0 Å². The van der Waals surface area contributed by atoms with E-state index in [9.17, 15) is 13.2 Å². The van der Waals surface area contributed by atoms with Crippen LogP contribution in [0.4, 0.5) is 13.2 Å². The number of hydrogen-bond acceptors (Lipinski definition) is 0. The van der Waals surface area contributed by atoms with Crippen molar-refractivity contribution in [2.75, 3.05) is 14.1 Å². The quantitative estimate of drug-likeness (QED) is 0.566. The van der Waals surface area contributed by atoms with E-state index in [0.717, 1.165) is 12.1 Å². The standard InChI is InChI=1S/C12H12ClF3N/c1-17(2)8-7-11(13)9-3-5-10(6-4-9)12(14,15)16/h3-8H,1-2H3/q+1/b11-7-. The second-order valence-corrected chi connectivity index (χ2v) is 4.11. The van der Waals surface area contributed by atoms with Crippen molar-refractivity contribution < 1.29 is 17.7 Å². The lowest BCUT2D eigenvalue weighted by Gasteiger charge is -2.06. The van der Waals surface area contributed by atoms with E-state index in [2.05, 4.69) is 0 Å². The van der Waals surface area contributed by atoms with E-state index in [-0.39, 0.29) is 0 Å². The molecule has 0 atom stereocenters. The van der Waals surface area contributed by atoms with Gasteiger partial charge in [0.25, 0.3) is 0 Å². The molecule has 0 N–H and O–H groups in total. The van der Waals surface area contributed by atoms with Gasteiger partial charge in [-0.1, -0.05) is 23.7 Å². The summed E-state index contributed by atoms with van der Waals surface area (Å²) in [7, 11) is 3.65. The molecule has 0 heterocycles. The number of halogens is 4. The summed E-state index contributed by atoms with van der Waals surface area (Å²) < 4.78 is 38.7. The van der Waals surface area contributed by atoms with Crippen LogP contribution in [0.5, 0.6) is 0 Å². The third kappa shape index (κ3) is 4.23. The first kappa shape index (κ1) is 13.8. The first-order valence-corrected chi connectivity index (χ1v) is 5.23. The van der Waals surface area contributed by atoms with Crippen molar-refractivity contribution >= 4 is 22.8 Å². The first-order chi connectivity index (χ1) is 7.80. The van der Waals surface area contributed by atoms with E-state index in [0.29, 0.717) is 10.6 Å². The molecule has 1 nitrogen and oxygen atoms in total. The Balaban J connectivity index is 2.96. The summed E-state index contributed by atoms with van der Waals surface area (Å²) in [6.07, 6.45) is -0.964. The molecule has 0 spiro atoms. The molecule has 0 aliphatic rings. The zero-order valence-electron chi connectivity index (χ0n) is 9.42. The Kier molecular flexibility index (Phi) is 4.34. The smallest absolute Gasteiger partial charge is 0.241 e. The average Bonchev–Trinajstić information content (AvgIpc) is 2.25. The van der Waals surface area contributed by atoms with Crippen molar-refractivity contribution in [1.82, 2.24) is 0 Å². The van der Waals surface area contributed by atoms with Gasteiger partial charge in [0.2, 0.25) is 0 Å². The molecule has 5 heteroatoms. The molecule has 17 heavy (non-hydrogen) atoms. The molecule has 0 amide bonds. The molecule has 1 aromatic carbocycles. The van der Waals surface area contributed by atoms with Crippen molar-refractivity contribution in [3.05, 3.63) is 41.5 Å². The van der Waals surface area contributed by atoms with Crippen LogP contribution in [-0.2, 0) is 6.18 Å². The molecule has 0 aliphatic heterocycles. The maximum atomic E-state index is 12.3. The Morgan fingerprint density at radius 2 is 1.71 bits per heavy atom. The monoisotopic (exact) mass is 262 g/mol. The Hall–Kier alpha value is -1.29. The Morgan fingerprint density at radius 1 is 1.18 bits per heavy atom.